The minimum Gasteiger partial charge on any atom is -0.396 e. The van der Waals surface area contributed by atoms with Crippen molar-refractivity contribution in [2.75, 3.05) is 39.6 Å². The molecule has 104 valence electrons. The fourth-order valence-electron chi connectivity index (χ4n) is 1.61. The van der Waals surface area contributed by atoms with E-state index in [0.717, 1.165) is 0 Å². The molecule has 0 unspecified atom stereocenters. The molecule has 6 heteroatoms. The predicted molar refractivity (Wildman–Crippen MR) is 61.2 cm³/mol. The van der Waals surface area contributed by atoms with Crippen molar-refractivity contribution in [3.63, 3.8) is 0 Å². The number of aliphatic hydroxyl groups excluding tert-OH is 6. The van der Waals surface area contributed by atoms with Gasteiger partial charge in [0.2, 0.25) is 0 Å². The van der Waals surface area contributed by atoms with Crippen molar-refractivity contribution in [3.8, 4) is 0 Å². The van der Waals surface area contributed by atoms with Crippen LogP contribution in [0.5, 0.6) is 0 Å². The van der Waals surface area contributed by atoms with Gasteiger partial charge in [-0.15, -0.1) is 0 Å². The normalized spacial score (nSPS) is 13.1. The molecular weight excluding hydrogens is 228 g/mol. The smallest absolute Gasteiger partial charge is 0.0531 e. The van der Waals surface area contributed by atoms with Gasteiger partial charge in [-0.2, -0.15) is 0 Å². The molecule has 0 aromatic carbocycles. The van der Waals surface area contributed by atoms with Crippen LogP contribution in [0.3, 0.4) is 0 Å². The Hall–Kier alpha value is -0.240. The fourth-order valence-corrected chi connectivity index (χ4v) is 1.61. The van der Waals surface area contributed by atoms with Crippen molar-refractivity contribution >= 4 is 0 Å². The average Bonchev–Trinajstić information content (AvgIpc) is 2.41. The van der Waals surface area contributed by atoms with E-state index in [4.69, 9.17) is 30.6 Å². The highest BCUT2D eigenvalue weighted by Crippen LogP contribution is 2.28. The molecule has 0 saturated heterocycles. The molecule has 6 N–H and O–H groups in total. The lowest BCUT2D eigenvalue weighted by Crippen LogP contribution is -2.37. The highest BCUT2D eigenvalue weighted by atomic mass is 16.3. The Balaban J connectivity index is 4.28. The highest BCUT2D eigenvalue weighted by molar-refractivity contribution is 4.81. The van der Waals surface area contributed by atoms with E-state index in [2.05, 4.69) is 0 Å². The van der Waals surface area contributed by atoms with Gasteiger partial charge in [0.05, 0.1) is 39.6 Å². The van der Waals surface area contributed by atoms with E-state index in [9.17, 15) is 0 Å². The molecule has 0 amide bonds. The molecule has 0 atom stereocenters. The molecule has 0 fully saturated rings. The molecule has 0 spiro atoms. The van der Waals surface area contributed by atoms with Crippen LogP contribution in [-0.2, 0) is 0 Å². The number of hydrogen-bond acceptors (Lipinski definition) is 6. The Kier molecular flexibility index (Phi) is 7.85. The summed E-state index contributed by atoms with van der Waals surface area (Å²) < 4.78 is 0. The Morgan fingerprint density at radius 1 is 0.471 bits per heavy atom. The van der Waals surface area contributed by atoms with Crippen molar-refractivity contribution in [3.05, 3.63) is 0 Å². The van der Waals surface area contributed by atoms with Crippen LogP contribution in [0.1, 0.15) is 19.3 Å². The second-order valence-electron chi connectivity index (χ2n) is 4.80. The Bertz CT molecular complexity index is 152. The van der Waals surface area contributed by atoms with Crippen molar-refractivity contribution in [1.29, 1.82) is 0 Å². The molecule has 0 rings (SSSR count). The lowest BCUT2D eigenvalue weighted by molar-refractivity contribution is -0.0219. The first kappa shape index (κ1) is 16.8. The van der Waals surface area contributed by atoms with Crippen LogP contribution in [0.15, 0.2) is 0 Å². The van der Waals surface area contributed by atoms with Gasteiger partial charge in [-0.25, -0.2) is 0 Å². The van der Waals surface area contributed by atoms with Gasteiger partial charge in [0.1, 0.15) is 0 Å². The zero-order valence-corrected chi connectivity index (χ0v) is 10.0. The Morgan fingerprint density at radius 2 is 0.706 bits per heavy atom. The first-order chi connectivity index (χ1) is 8.07. The third-order valence-corrected chi connectivity index (χ3v) is 3.43. The van der Waals surface area contributed by atoms with Gasteiger partial charge in [0.15, 0.2) is 0 Å². The SMILES string of the molecule is OCC(CO)(CO)CCCC(CO)(CO)CO. The largest absolute Gasteiger partial charge is 0.396 e. The van der Waals surface area contributed by atoms with Gasteiger partial charge < -0.3 is 30.6 Å². The first-order valence-corrected chi connectivity index (χ1v) is 5.73. The zero-order chi connectivity index (χ0) is 13.4. The molecule has 0 aromatic rings. The summed E-state index contributed by atoms with van der Waals surface area (Å²) in [5.74, 6) is 0. The van der Waals surface area contributed by atoms with Crippen molar-refractivity contribution in [2.24, 2.45) is 10.8 Å². The molecule has 17 heavy (non-hydrogen) atoms. The summed E-state index contributed by atoms with van der Waals surface area (Å²) in [7, 11) is 0. The van der Waals surface area contributed by atoms with Crippen LogP contribution >= 0.6 is 0 Å². The summed E-state index contributed by atoms with van der Waals surface area (Å²) >= 11 is 0. The molecule has 0 aromatic heterocycles. The maximum atomic E-state index is 9.11. The monoisotopic (exact) mass is 252 g/mol. The summed E-state index contributed by atoms with van der Waals surface area (Å²) in [4.78, 5) is 0. The first-order valence-electron chi connectivity index (χ1n) is 5.73. The number of rotatable bonds is 10. The molecule has 0 saturated carbocycles. The molecule has 0 aliphatic heterocycles. The second kappa shape index (κ2) is 7.97. The fraction of sp³-hybridized carbons (Fsp3) is 1.00. The summed E-state index contributed by atoms with van der Waals surface area (Å²) in [6.45, 7) is -1.97. The van der Waals surface area contributed by atoms with Crippen LogP contribution in [0.2, 0.25) is 0 Å². The molecule has 0 aliphatic rings. The third kappa shape index (κ3) is 4.50. The van der Waals surface area contributed by atoms with Gasteiger partial charge in [-0.05, 0) is 12.8 Å². The Labute approximate surface area is 101 Å². The Morgan fingerprint density at radius 3 is 0.882 bits per heavy atom. The maximum absolute atomic E-state index is 9.11. The lowest BCUT2D eigenvalue weighted by Gasteiger charge is -2.31. The van der Waals surface area contributed by atoms with Gasteiger partial charge in [0.25, 0.3) is 0 Å². The zero-order valence-electron chi connectivity index (χ0n) is 10.0. The minimum absolute atomic E-state index is 0.329. The van der Waals surface area contributed by atoms with Crippen LogP contribution in [0, 0.1) is 10.8 Å². The van der Waals surface area contributed by atoms with E-state index in [-0.39, 0.29) is 39.6 Å². The van der Waals surface area contributed by atoms with Crippen LogP contribution in [-0.4, -0.2) is 70.3 Å². The van der Waals surface area contributed by atoms with E-state index in [1.165, 1.54) is 0 Å². The minimum atomic E-state index is -0.938. The standard InChI is InChI=1S/C11H24O6/c12-4-10(5-13,6-14)2-1-3-11(7-15,8-16)9-17/h12-17H,1-9H2. The molecule has 6 nitrogen and oxygen atoms in total. The summed E-state index contributed by atoms with van der Waals surface area (Å²) in [6.07, 6.45) is 1.19. The van der Waals surface area contributed by atoms with Crippen molar-refractivity contribution in [1.82, 2.24) is 0 Å². The van der Waals surface area contributed by atoms with E-state index < -0.39 is 10.8 Å². The van der Waals surface area contributed by atoms with Crippen molar-refractivity contribution in [2.45, 2.75) is 19.3 Å². The second-order valence-corrected chi connectivity index (χ2v) is 4.80. The lowest BCUT2D eigenvalue weighted by atomic mass is 9.79. The number of hydrogen-bond donors (Lipinski definition) is 6. The summed E-state index contributed by atoms with van der Waals surface area (Å²) in [5, 5.41) is 54.7. The van der Waals surface area contributed by atoms with E-state index in [1.54, 1.807) is 0 Å². The molecule has 0 aliphatic carbocycles. The number of aliphatic hydroxyl groups is 6. The summed E-state index contributed by atoms with van der Waals surface area (Å²) in [5.41, 5.74) is -1.88. The third-order valence-electron chi connectivity index (χ3n) is 3.43. The predicted octanol–water partition coefficient (Wildman–Crippen LogP) is -1.92. The van der Waals surface area contributed by atoms with E-state index in [0.29, 0.717) is 19.3 Å². The van der Waals surface area contributed by atoms with Crippen molar-refractivity contribution < 1.29 is 30.6 Å². The highest BCUT2D eigenvalue weighted by Gasteiger charge is 2.31. The van der Waals surface area contributed by atoms with E-state index >= 15 is 0 Å². The summed E-state index contributed by atoms with van der Waals surface area (Å²) in [6, 6.07) is 0. The maximum Gasteiger partial charge on any atom is 0.0531 e. The van der Waals surface area contributed by atoms with Gasteiger partial charge in [-0.1, -0.05) is 6.42 Å². The van der Waals surface area contributed by atoms with E-state index in [1.807, 2.05) is 0 Å². The van der Waals surface area contributed by atoms with Gasteiger partial charge in [0, 0.05) is 10.8 Å². The van der Waals surface area contributed by atoms with Crippen LogP contribution in [0.25, 0.3) is 0 Å². The molecule has 0 heterocycles. The van der Waals surface area contributed by atoms with Gasteiger partial charge >= 0.3 is 0 Å². The molecule has 0 bridgehead atoms. The topological polar surface area (TPSA) is 121 Å². The average molecular weight is 252 g/mol. The molecule has 0 radical (unpaired) electrons. The molecular formula is C11H24O6. The quantitative estimate of drug-likeness (QED) is 0.270. The van der Waals surface area contributed by atoms with Crippen LogP contribution < -0.4 is 0 Å². The van der Waals surface area contributed by atoms with Gasteiger partial charge in [-0.3, -0.25) is 0 Å². The van der Waals surface area contributed by atoms with Crippen LogP contribution in [0.4, 0.5) is 0 Å².